The standard InChI is InChI=1S/C17H27N/c1-14(2)8-6-5-7-9-16(4)18-17-12-10-15(3)11-13-17/h10-14,18H,4-9H2,1-3H3. The highest BCUT2D eigenvalue weighted by Crippen LogP contribution is 2.15. The van der Waals surface area contributed by atoms with E-state index in [9.17, 15) is 0 Å². The first-order valence-corrected chi connectivity index (χ1v) is 7.09. The van der Waals surface area contributed by atoms with Crippen LogP contribution in [0, 0.1) is 12.8 Å². The van der Waals surface area contributed by atoms with Gasteiger partial charge in [-0.25, -0.2) is 0 Å². The maximum absolute atomic E-state index is 4.09. The number of hydrogen-bond donors (Lipinski definition) is 1. The van der Waals surface area contributed by atoms with E-state index >= 15 is 0 Å². The fraction of sp³-hybridized carbons (Fsp3) is 0.529. The summed E-state index contributed by atoms with van der Waals surface area (Å²) in [5, 5.41) is 3.37. The highest BCUT2D eigenvalue weighted by atomic mass is 14.9. The molecule has 100 valence electrons. The van der Waals surface area contributed by atoms with Crippen LogP contribution < -0.4 is 5.32 Å². The van der Waals surface area contributed by atoms with Crippen molar-refractivity contribution in [2.75, 3.05) is 5.32 Å². The van der Waals surface area contributed by atoms with Crippen LogP contribution in [0.4, 0.5) is 5.69 Å². The lowest BCUT2D eigenvalue weighted by molar-refractivity contribution is 0.527. The van der Waals surface area contributed by atoms with Gasteiger partial charge in [0.2, 0.25) is 0 Å². The molecule has 1 nitrogen and oxygen atoms in total. The molecule has 0 heterocycles. The quantitative estimate of drug-likeness (QED) is 0.594. The number of unbranched alkanes of at least 4 members (excludes halogenated alkanes) is 2. The van der Waals surface area contributed by atoms with Gasteiger partial charge in [-0.3, -0.25) is 0 Å². The van der Waals surface area contributed by atoms with Gasteiger partial charge in [0, 0.05) is 11.4 Å². The Morgan fingerprint density at radius 1 is 1.11 bits per heavy atom. The summed E-state index contributed by atoms with van der Waals surface area (Å²) in [6.07, 6.45) is 6.32. The second-order valence-electron chi connectivity index (χ2n) is 5.59. The smallest absolute Gasteiger partial charge is 0.0381 e. The second-order valence-corrected chi connectivity index (χ2v) is 5.59. The molecule has 0 aliphatic carbocycles. The van der Waals surface area contributed by atoms with Crippen molar-refractivity contribution in [3.63, 3.8) is 0 Å². The van der Waals surface area contributed by atoms with Crippen molar-refractivity contribution in [3.8, 4) is 0 Å². The molecule has 0 bridgehead atoms. The predicted molar refractivity (Wildman–Crippen MR) is 81.9 cm³/mol. The number of anilines is 1. The molecule has 1 aromatic carbocycles. The highest BCUT2D eigenvalue weighted by molar-refractivity contribution is 5.48. The molecule has 1 N–H and O–H groups in total. The molecular formula is C17H27N. The molecule has 18 heavy (non-hydrogen) atoms. The number of hydrogen-bond acceptors (Lipinski definition) is 1. The van der Waals surface area contributed by atoms with E-state index in [0.717, 1.165) is 23.7 Å². The van der Waals surface area contributed by atoms with Gasteiger partial charge in [0.1, 0.15) is 0 Å². The first kappa shape index (κ1) is 14.8. The summed E-state index contributed by atoms with van der Waals surface area (Å²) >= 11 is 0. The van der Waals surface area contributed by atoms with Crippen LogP contribution in [0.2, 0.25) is 0 Å². The van der Waals surface area contributed by atoms with Crippen LogP contribution in [0.5, 0.6) is 0 Å². The highest BCUT2D eigenvalue weighted by Gasteiger charge is 1.98. The van der Waals surface area contributed by atoms with Gasteiger partial charge in [-0.1, -0.05) is 57.4 Å². The zero-order chi connectivity index (χ0) is 13.4. The molecule has 0 atom stereocenters. The SMILES string of the molecule is C=C(CCCCCC(C)C)Nc1ccc(C)cc1. The second kappa shape index (κ2) is 7.97. The van der Waals surface area contributed by atoms with Crippen LogP contribution in [-0.4, -0.2) is 0 Å². The Hall–Kier alpha value is -1.24. The van der Waals surface area contributed by atoms with Crippen molar-refractivity contribution in [2.24, 2.45) is 5.92 Å². The van der Waals surface area contributed by atoms with Gasteiger partial charge in [-0.15, -0.1) is 0 Å². The number of benzene rings is 1. The average Bonchev–Trinajstić information content (AvgIpc) is 2.31. The number of aryl methyl sites for hydroxylation is 1. The third-order valence-electron chi connectivity index (χ3n) is 3.13. The zero-order valence-electron chi connectivity index (χ0n) is 12.1. The molecule has 0 aliphatic rings. The molecule has 1 rings (SSSR count). The summed E-state index contributed by atoms with van der Waals surface area (Å²) in [7, 11) is 0. The molecule has 0 saturated carbocycles. The van der Waals surface area contributed by atoms with Crippen molar-refractivity contribution >= 4 is 5.69 Å². The van der Waals surface area contributed by atoms with Gasteiger partial charge >= 0.3 is 0 Å². The third-order valence-corrected chi connectivity index (χ3v) is 3.13. The lowest BCUT2D eigenvalue weighted by Crippen LogP contribution is -1.98. The summed E-state index contributed by atoms with van der Waals surface area (Å²) in [5.74, 6) is 0.832. The van der Waals surface area contributed by atoms with Gasteiger partial charge in [0.15, 0.2) is 0 Å². The summed E-state index contributed by atoms with van der Waals surface area (Å²) in [6.45, 7) is 10.8. The number of nitrogens with one attached hydrogen (secondary N) is 1. The van der Waals surface area contributed by atoms with Crippen molar-refractivity contribution in [3.05, 3.63) is 42.1 Å². The Morgan fingerprint density at radius 2 is 1.78 bits per heavy atom. The Bertz CT molecular complexity index is 348. The Morgan fingerprint density at radius 3 is 2.39 bits per heavy atom. The minimum Gasteiger partial charge on any atom is -0.359 e. The summed E-state index contributed by atoms with van der Waals surface area (Å²) in [6, 6.07) is 8.47. The maximum Gasteiger partial charge on any atom is 0.0381 e. The van der Waals surface area contributed by atoms with E-state index < -0.39 is 0 Å². The molecule has 1 aromatic rings. The fourth-order valence-corrected chi connectivity index (χ4v) is 1.97. The average molecular weight is 245 g/mol. The van der Waals surface area contributed by atoms with Crippen molar-refractivity contribution in [1.29, 1.82) is 0 Å². The van der Waals surface area contributed by atoms with Crippen molar-refractivity contribution < 1.29 is 0 Å². The molecule has 0 aromatic heterocycles. The van der Waals surface area contributed by atoms with E-state index in [4.69, 9.17) is 0 Å². The van der Waals surface area contributed by atoms with Gasteiger partial charge in [0.05, 0.1) is 0 Å². The molecule has 0 aliphatic heterocycles. The van der Waals surface area contributed by atoms with E-state index in [1.807, 2.05) is 0 Å². The Kier molecular flexibility index (Phi) is 6.56. The molecule has 0 radical (unpaired) electrons. The number of allylic oxidation sites excluding steroid dienone is 1. The molecular weight excluding hydrogens is 218 g/mol. The third kappa shape index (κ3) is 6.48. The summed E-state index contributed by atoms with van der Waals surface area (Å²) in [5.41, 5.74) is 3.57. The molecule has 0 saturated heterocycles. The molecule has 0 unspecified atom stereocenters. The van der Waals surface area contributed by atoms with Crippen LogP contribution in [0.1, 0.15) is 51.5 Å². The summed E-state index contributed by atoms with van der Waals surface area (Å²) in [4.78, 5) is 0. The van der Waals surface area contributed by atoms with Gasteiger partial charge in [-0.2, -0.15) is 0 Å². The minimum absolute atomic E-state index is 0.832. The molecule has 0 amide bonds. The minimum atomic E-state index is 0.832. The first-order valence-electron chi connectivity index (χ1n) is 7.09. The monoisotopic (exact) mass is 245 g/mol. The number of rotatable bonds is 8. The normalized spacial score (nSPS) is 10.7. The van der Waals surface area contributed by atoms with E-state index in [-0.39, 0.29) is 0 Å². The Labute approximate surface area is 112 Å². The van der Waals surface area contributed by atoms with E-state index in [1.165, 1.54) is 31.2 Å². The van der Waals surface area contributed by atoms with Crippen LogP contribution in [-0.2, 0) is 0 Å². The van der Waals surface area contributed by atoms with Gasteiger partial charge in [0.25, 0.3) is 0 Å². The fourth-order valence-electron chi connectivity index (χ4n) is 1.97. The lowest BCUT2D eigenvalue weighted by atomic mass is 10.0. The van der Waals surface area contributed by atoms with Crippen molar-refractivity contribution in [1.82, 2.24) is 0 Å². The zero-order valence-corrected chi connectivity index (χ0v) is 12.1. The molecule has 0 spiro atoms. The van der Waals surface area contributed by atoms with Crippen LogP contribution in [0.3, 0.4) is 0 Å². The van der Waals surface area contributed by atoms with Crippen LogP contribution in [0.15, 0.2) is 36.5 Å². The van der Waals surface area contributed by atoms with E-state index in [2.05, 4.69) is 56.9 Å². The van der Waals surface area contributed by atoms with Gasteiger partial charge < -0.3 is 5.32 Å². The maximum atomic E-state index is 4.09. The van der Waals surface area contributed by atoms with E-state index in [0.29, 0.717) is 0 Å². The molecule has 1 heteroatoms. The topological polar surface area (TPSA) is 12.0 Å². The van der Waals surface area contributed by atoms with Gasteiger partial charge in [-0.05, 0) is 37.8 Å². The summed E-state index contributed by atoms with van der Waals surface area (Å²) < 4.78 is 0. The predicted octanol–water partition coefficient (Wildman–Crippen LogP) is 5.53. The first-order chi connectivity index (χ1) is 8.58. The van der Waals surface area contributed by atoms with E-state index in [1.54, 1.807) is 0 Å². The lowest BCUT2D eigenvalue weighted by Gasteiger charge is -2.10. The van der Waals surface area contributed by atoms with Crippen LogP contribution >= 0.6 is 0 Å². The Balaban J connectivity index is 2.16. The van der Waals surface area contributed by atoms with Crippen LogP contribution in [0.25, 0.3) is 0 Å². The largest absolute Gasteiger partial charge is 0.359 e. The molecule has 0 fully saturated rings. The van der Waals surface area contributed by atoms with Crippen molar-refractivity contribution in [2.45, 2.75) is 52.9 Å².